The molecule has 0 amide bonds. The Morgan fingerprint density at radius 2 is 1.83 bits per heavy atom. The minimum Gasteiger partial charge on any atom is -0.363 e. The molecule has 5 heteroatoms. The Morgan fingerprint density at radius 3 is 2.58 bits per heavy atom. The molecule has 0 aliphatic rings. The van der Waals surface area contributed by atoms with Crippen molar-refractivity contribution in [2.75, 3.05) is 5.32 Å². The van der Waals surface area contributed by atoms with E-state index in [1.54, 1.807) is 11.3 Å². The largest absolute Gasteiger partial charge is 0.363 e. The van der Waals surface area contributed by atoms with Gasteiger partial charge in [-0.25, -0.2) is 4.98 Å². The van der Waals surface area contributed by atoms with Gasteiger partial charge in [-0.05, 0) is 38.5 Å². The quantitative estimate of drug-likeness (QED) is 0.588. The van der Waals surface area contributed by atoms with Crippen LogP contribution >= 0.6 is 11.3 Å². The van der Waals surface area contributed by atoms with Crippen molar-refractivity contribution in [1.82, 2.24) is 14.8 Å². The summed E-state index contributed by atoms with van der Waals surface area (Å²) in [6.45, 7) is 7.07. The number of rotatable bonds is 3. The lowest BCUT2D eigenvalue weighted by Gasteiger charge is -2.06. The fraction of sp³-hybridized carbons (Fsp3) is 0.263. The van der Waals surface area contributed by atoms with Crippen LogP contribution in [0, 0.1) is 20.8 Å². The van der Waals surface area contributed by atoms with Gasteiger partial charge in [0.05, 0.1) is 10.2 Å². The van der Waals surface area contributed by atoms with Gasteiger partial charge in [0.25, 0.3) is 0 Å². The van der Waals surface area contributed by atoms with Crippen molar-refractivity contribution in [2.24, 2.45) is 7.05 Å². The highest BCUT2D eigenvalue weighted by Gasteiger charge is 2.16. The molecule has 0 saturated carbocycles. The minimum absolute atomic E-state index is 0.773. The molecule has 3 aromatic heterocycles. The van der Waals surface area contributed by atoms with E-state index in [4.69, 9.17) is 0 Å². The third kappa shape index (κ3) is 2.55. The lowest BCUT2D eigenvalue weighted by atomic mass is 10.1. The molecule has 24 heavy (non-hydrogen) atoms. The first-order valence-corrected chi connectivity index (χ1v) is 8.87. The van der Waals surface area contributed by atoms with E-state index in [9.17, 15) is 0 Å². The number of hydrogen-bond acceptors (Lipinski definition) is 4. The average molecular weight is 336 g/mol. The second-order valence-electron chi connectivity index (χ2n) is 6.41. The standard InChI is InChI=1S/C19H20N4S/c1-11-7-12(2)9-14(8-11)10-20-18-17-16(23(4)22-18)15-6-5-13(3)21-19(15)24-17/h5-9H,10H2,1-4H3,(H,20,22). The summed E-state index contributed by atoms with van der Waals surface area (Å²) in [7, 11) is 2.00. The second-order valence-corrected chi connectivity index (χ2v) is 7.41. The molecule has 0 aliphatic heterocycles. The first kappa shape index (κ1) is 15.1. The van der Waals surface area contributed by atoms with Crippen LogP contribution in [0.3, 0.4) is 0 Å². The van der Waals surface area contributed by atoms with Gasteiger partial charge in [-0.2, -0.15) is 5.10 Å². The maximum absolute atomic E-state index is 4.67. The summed E-state index contributed by atoms with van der Waals surface area (Å²) in [5.41, 5.74) is 6.07. The summed E-state index contributed by atoms with van der Waals surface area (Å²) in [6, 6.07) is 10.8. The molecule has 1 aromatic carbocycles. The molecule has 4 nitrogen and oxygen atoms in total. The van der Waals surface area contributed by atoms with Crippen LogP contribution in [0.15, 0.2) is 30.3 Å². The Morgan fingerprint density at radius 1 is 1.08 bits per heavy atom. The summed E-state index contributed by atoms with van der Waals surface area (Å²) in [5, 5.41) is 9.35. The van der Waals surface area contributed by atoms with Crippen molar-refractivity contribution in [1.29, 1.82) is 0 Å². The summed E-state index contributed by atoms with van der Waals surface area (Å²) >= 11 is 1.71. The van der Waals surface area contributed by atoms with Crippen LogP contribution in [0.1, 0.15) is 22.4 Å². The Kier molecular flexibility index (Phi) is 3.53. The Balaban J connectivity index is 1.72. The van der Waals surface area contributed by atoms with Crippen LogP contribution in [0.4, 0.5) is 5.82 Å². The van der Waals surface area contributed by atoms with E-state index in [-0.39, 0.29) is 0 Å². The number of pyridine rings is 1. The van der Waals surface area contributed by atoms with Crippen LogP contribution < -0.4 is 5.32 Å². The van der Waals surface area contributed by atoms with Crippen LogP contribution in [-0.4, -0.2) is 14.8 Å². The lowest BCUT2D eigenvalue weighted by molar-refractivity contribution is 0.799. The van der Waals surface area contributed by atoms with Crippen LogP contribution in [0.2, 0.25) is 0 Å². The van der Waals surface area contributed by atoms with Gasteiger partial charge in [-0.3, -0.25) is 4.68 Å². The first-order chi connectivity index (χ1) is 11.5. The molecule has 4 aromatic rings. The third-order valence-electron chi connectivity index (χ3n) is 4.20. The molecule has 4 rings (SSSR count). The van der Waals surface area contributed by atoms with Crippen molar-refractivity contribution in [3.05, 3.63) is 52.7 Å². The molecule has 122 valence electrons. The van der Waals surface area contributed by atoms with E-state index in [0.29, 0.717) is 0 Å². The molecule has 3 heterocycles. The van der Waals surface area contributed by atoms with Gasteiger partial charge in [-0.1, -0.05) is 29.3 Å². The molecular formula is C19H20N4S. The maximum Gasteiger partial charge on any atom is 0.166 e. The topological polar surface area (TPSA) is 42.7 Å². The van der Waals surface area contributed by atoms with Gasteiger partial charge in [0.1, 0.15) is 4.83 Å². The zero-order chi connectivity index (χ0) is 16.8. The van der Waals surface area contributed by atoms with Crippen LogP contribution in [0.25, 0.3) is 20.4 Å². The summed E-state index contributed by atoms with van der Waals surface area (Å²) in [5.74, 6) is 0.937. The third-order valence-corrected chi connectivity index (χ3v) is 5.29. The Bertz CT molecular complexity index is 1040. The highest BCUT2D eigenvalue weighted by molar-refractivity contribution is 7.26. The van der Waals surface area contributed by atoms with Gasteiger partial charge in [-0.15, -0.1) is 11.3 Å². The predicted octanol–water partition coefficient (Wildman–Crippen LogP) is 4.72. The number of thiophene rings is 1. The summed E-state index contributed by atoms with van der Waals surface area (Å²) < 4.78 is 3.13. The van der Waals surface area contributed by atoms with E-state index >= 15 is 0 Å². The summed E-state index contributed by atoms with van der Waals surface area (Å²) in [4.78, 5) is 5.73. The SMILES string of the molecule is Cc1cc(C)cc(CNc2nn(C)c3c2sc2nc(C)ccc23)c1. The number of benzene rings is 1. The molecule has 0 unspecified atom stereocenters. The van der Waals surface area contributed by atoms with E-state index in [0.717, 1.165) is 28.4 Å². The fourth-order valence-corrected chi connectivity index (χ4v) is 4.46. The van der Waals surface area contributed by atoms with Crippen LogP contribution in [0.5, 0.6) is 0 Å². The molecule has 0 saturated heterocycles. The normalized spacial score (nSPS) is 11.5. The molecule has 1 N–H and O–H groups in total. The monoisotopic (exact) mass is 336 g/mol. The second kappa shape index (κ2) is 5.60. The van der Waals surface area contributed by atoms with Crippen molar-refractivity contribution in [3.8, 4) is 0 Å². The zero-order valence-corrected chi connectivity index (χ0v) is 15.2. The molecule has 0 atom stereocenters. The van der Waals surface area contributed by atoms with Gasteiger partial charge in [0.15, 0.2) is 5.82 Å². The average Bonchev–Trinajstić information content (AvgIpc) is 3.01. The van der Waals surface area contributed by atoms with Crippen LogP contribution in [-0.2, 0) is 13.6 Å². The molecule has 0 bridgehead atoms. The van der Waals surface area contributed by atoms with Gasteiger partial charge in [0, 0.05) is 24.7 Å². The Labute approximate surface area is 145 Å². The number of fused-ring (bicyclic) bond motifs is 3. The zero-order valence-electron chi connectivity index (χ0n) is 14.3. The molecule has 0 fully saturated rings. The highest BCUT2D eigenvalue weighted by atomic mass is 32.1. The number of hydrogen-bond donors (Lipinski definition) is 1. The fourth-order valence-electron chi connectivity index (χ4n) is 3.26. The minimum atomic E-state index is 0.773. The van der Waals surface area contributed by atoms with Crippen molar-refractivity contribution < 1.29 is 0 Å². The molecule has 0 radical (unpaired) electrons. The molecule has 0 aliphatic carbocycles. The lowest BCUT2D eigenvalue weighted by Crippen LogP contribution is -2.01. The maximum atomic E-state index is 4.67. The predicted molar refractivity (Wildman–Crippen MR) is 102 cm³/mol. The first-order valence-electron chi connectivity index (χ1n) is 8.05. The summed E-state index contributed by atoms with van der Waals surface area (Å²) in [6.07, 6.45) is 0. The van der Waals surface area contributed by atoms with Gasteiger partial charge < -0.3 is 5.32 Å². The number of nitrogens with zero attached hydrogens (tertiary/aromatic N) is 3. The number of aromatic nitrogens is 3. The van der Waals surface area contributed by atoms with E-state index in [2.05, 4.69) is 59.6 Å². The van der Waals surface area contributed by atoms with E-state index in [1.165, 1.54) is 26.8 Å². The smallest absolute Gasteiger partial charge is 0.166 e. The van der Waals surface area contributed by atoms with Gasteiger partial charge >= 0.3 is 0 Å². The number of anilines is 1. The van der Waals surface area contributed by atoms with Gasteiger partial charge in [0.2, 0.25) is 0 Å². The number of aryl methyl sites for hydroxylation is 4. The van der Waals surface area contributed by atoms with E-state index in [1.807, 2.05) is 18.7 Å². The van der Waals surface area contributed by atoms with Crippen molar-refractivity contribution in [3.63, 3.8) is 0 Å². The van der Waals surface area contributed by atoms with Crippen molar-refractivity contribution >= 4 is 37.6 Å². The molecular weight excluding hydrogens is 316 g/mol. The van der Waals surface area contributed by atoms with E-state index < -0.39 is 0 Å². The van der Waals surface area contributed by atoms with Crippen molar-refractivity contribution in [2.45, 2.75) is 27.3 Å². The highest BCUT2D eigenvalue weighted by Crippen LogP contribution is 2.37. The molecule has 0 spiro atoms. The Hall–Kier alpha value is -2.40. The number of nitrogens with one attached hydrogen (secondary N) is 1.